The zero-order valence-corrected chi connectivity index (χ0v) is 16.7. The third kappa shape index (κ3) is 5.44. The Bertz CT molecular complexity index is 800. The molecular formula is C24H30N2O2. The molecule has 0 spiro atoms. The average Bonchev–Trinajstić information content (AvgIpc) is 2.76. The fourth-order valence-corrected chi connectivity index (χ4v) is 3.79. The van der Waals surface area contributed by atoms with E-state index in [-0.39, 0.29) is 5.91 Å². The summed E-state index contributed by atoms with van der Waals surface area (Å²) in [6.45, 7) is 0.423. The van der Waals surface area contributed by atoms with Crippen LogP contribution in [-0.2, 0) is 6.54 Å². The summed E-state index contributed by atoms with van der Waals surface area (Å²) in [6.07, 6.45) is 14.0. The number of carbonyl (C=O) groups is 1. The van der Waals surface area contributed by atoms with Crippen LogP contribution in [-0.4, -0.2) is 18.0 Å². The van der Waals surface area contributed by atoms with Crippen molar-refractivity contribution in [1.29, 1.82) is 0 Å². The first-order valence-electron chi connectivity index (χ1n) is 10.3. The molecule has 28 heavy (non-hydrogen) atoms. The second-order valence-corrected chi connectivity index (χ2v) is 7.27. The lowest BCUT2D eigenvalue weighted by Gasteiger charge is -2.18. The van der Waals surface area contributed by atoms with Gasteiger partial charge in [-0.15, -0.1) is 0 Å². The van der Waals surface area contributed by atoms with Gasteiger partial charge in [0.05, 0.1) is 7.11 Å². The number of hydrogen-bond donors (Lipinski definition) is 1. The van der Waals surface area contributed by atoms with Gasteiger partial charge in [-0.1, -0.05) is 50.0 Å². The minimum Gasteiger partial charge on any atom is -0.496 e. The maximum absolute atomic E-state index is 12.5. The van der Waals surface area contributed by atoms with Crippen molar-refractivity contribution < 1.29 is 9.53 Å². The summed E-state index contributed by atoms with van der Waals surface area (Å²) < 4.78 is 5.62. The first-order chi connectivity index (χ1) is 13.8. The second kappa shape index (κ2) is 10.6. The third-order valence-electron chi connectivity index (χ3n) is 5.31. The maximum Gasteiger partial charge on any atom is 0.270 e. The largest absolute Gasteiger partial charge is 0.496 e. The van der Waals surface area contributed by atoms with Crippen LogP contribution in [0.15, 0.2) is 48.7 Å². The Morgan fingerprint density at radius 1 is 1.04 bits per heavy atom. The molecule has 3 rings (SSSR count). The molecule has 1 aromatic heterocycles. The van der Waals surface area contributed by atoms with Gasteiger partial charge in [0, 0.05) is 18.3 Å². The van der Waals surface area contributed by atoms with Gasteiger partial charge >= 0.3 is 0 Å². The van der Waals surface area contributed by atoms with Gasteiger partial charge in [-0.25, -0.2) is 0 Å². The van der Waals surface area contributed by atoms with Gasteiger partial charge in [-0.2, -0.15) is 0 Å². The molecule has 148 valence electrons. The highest BCUT2D eigenvalue weighted by atomic mass is 16.5. The number of allylic oxidation sites excluding steroid dienone is 2. The first-order valence-corrected chi connectivity index (χ1v) is 10.3. The molecule has 0 unspecified atom stereocenters. The molecule has 0 bridgehead atoms. The third-order valence-corrected chi connectivity index (χ3v) is 5.31. The molecular weight excluding hydrogens is 348 g/mol. The van der Waals surface area contributed by atoms with Crippen LogP contribution < -0.4 is 10.1 Å². The fraction of sp³-hybridized carbons (Fsp3) is 0.417. The molecule has 0 radical (unpaired) electrons. The van der Waals surface area contributed by atoms with E-state index in [1.54, 1.807) is 25.4 Å². The van der Waals surface area contributed by atoms with Crippen molar-refractivity contribution in [1.82, 2.24) is 10.3 Å². The summed E-state index contributed by atoms with van der Waals surface area (Å²) in [4.78, 5) is 16.6. The highest BCUT2D eigenvalue weighted by Crippen LogP contribution is 2.32. The van der Waals surface area contributed by atoms with Crippen molar-refractivity contribution in [3.8, 4) is 5.75 Å². The Kier molecular flexibility index (Phi) is 7.65. The van der Waals surface area contributed by atoms with Crippen molar-refractivity contribution in [2.45, 2.75) is 57.9 Å². The van der Waals surface area contributed by atoms with Gasteiger partial charge in [0.25, 0.3) is 5.91 Å². The number of rotatable bonds is 5. The van der Waals surface area contributed by atoms with Gasteiger partial charge in [0.2, 0.25) is 0 Å². The van der Waals surface area contributed by atoms with Gasteiger partial charge < -0.3 is 10.1 Å². The summed E-state index contributed by atoms with van der Waals surface area (Å²) in [5.41, 5.74) is 4.04. The Hall–Kier alpha value is -2.62. The Morgan fingerprint density at radius 2 is 1.86 bits per heavy atom. The number of methoxy groups -OCH3 is 1. The Labute approximate surface area is 168 Å². The van der Waals surface area contributed by atoms with E-state index in [2.05, 4.69) is 22.4 Å². The molecule has 4 nitrogen and oxygen atoms in total. The Morgan fingerprint density at radius 3 is 2.64 bits per heavy atom. The van der Waals surface area contributed by atoms with Gasteiger partial charge in [-0.05, 0) is 55.0 Å². The zero-order valence-electron chi connectivity index (χ0n) is 16.7. The molecule has 2 aromatic rings. The minimum absolute atomic E-state index is 0.169. The summed E-state index contributed by atoms with van der Waals surface area (Å²) in [5, 5.41) is 3.01. The van der Waals surface area contributed by atoms with Crippen molar-refractivity contribution >= 4 is 11.5 Å². The number of nitrogens with one attached hydrogen (secondary N) is 1. The van der Waals surface area contributed by atoms with E-state index >= 15 is 0 Å². The number of aromatic nitrogens is 1. The molecule has 0 aliphatic heterocycles. The number of hydrogen-bond acceptors (Lipinski definition) is 3. The van der Waals surface area contributed by atoms with Crippen molar-refractivity contribution in [3.63, 3.8) is 0 Å². The lowest BCUT2D eigenvalue weighted by molar-refractivity contribution is 0.0945. The highest BCUT2D eigenvalue weighted by Gasteiger charge is 2.15. The minimum atomic E-state index is -0.169. The number of pyridine rings is 1. The standard InChI is InChI=1S/C24H30N2O2/c1-28-23-16-11-14-20(19-12-7-5-3-2-4-6-8-13-19)21(23)18-26-24(27)22-15-9-10-17-25-22/h9-12,14-17H,2-8,13,18H2,1H3,(H,26,27)/b19-12+. The van der Waals surface area contributed by atoms with Crippen LogP contribution in [0.1, 0.15) is 73.0 Å². The SMILES string of the molecule is COc1cccc(/C2=C/CCCCCCCC2)c1CNC(=O)c1ccccn1. The number of carbonyl (C=O) groups excluding carboxylic acids is 1. The molecule has 1 aliphatic rings. The lowest BCUT2D eigenvalue weighted by Crippen LogP contribution is -2.24. The molecule has 1 heterocycles. The molecule has 0 fully saturated rings. The molecule has 0 saturated heterocycles. The molecule has 1 N–H and O–H groups in total. The van der Waals surface area contributed by atoms with E-state index in [4.69, 9.17) is 4.74 Å². The maximum atomic E-state index is 12.5. The van der Waals surface area contributed by atoms with Crippen LogP contribution in [0.4, 0.5) is 0 Å². The van der Waals surface area contributed by atoms with Crippen LogP contribution in [0.5, 0.6) is 5.75 Å². The van der Waals surface area contributed by atoms with Gasteiger partial charge in [0.1, 0.15) is 11.4 Å². The number of benzene rings is 1. The lowest BCUT2D eigenvalue weighted by atomic mass is 9.92. The van der Waals surface area contributed by atoms with E-state index in [0.717, 1.165) is 24.2 Å². The number of amides is 1. The second-order valence-electron chi connectivity index (χ2n) is 7.27. The van der Waals surface area contributed by atoms with Crippen LogP contribution in [0.2, 0.25) is 0 Å². The molecule has 1 amide bonds. The van der Waals surface area contributed by atoms with Crippen molar-refractivity contribution in [2.24, 2.45) is 0 Å². The van der Waals surface area contributed by atoms with Crippen molar-refractivity contribution in [3.05, 3.63) is 65.5 Å². The molecule has 1 aromatic carbocycles. The van der Waals surface area contributed by atoms with Crippen LogP contribution in [0.3, 0.4) is 0 Å². The molecule has 0 atom stereocenters. The molecule has 4 heteroatoms. The van der Waals surface area contributed by atoms with Gasteiger partial charge in [0.15, 0.2) is 0 Å². The smallest absolute Gasteiger partial charge is 0.270 e. The van der Waals surface area contributed by atoms with E-state index in [9.17, 15) is 4.79 Å². The van der Waals surface area contributed by atoms with E-state index in [1.807, 2.05) is 18.2 Å². The van der Waals surface area contributed by atoms with Gasteiger partial charge in [-0.3, -0.25) is 9.78 Å². The topological polar surface area (TPSA) is 51.2 Å². The fourth-order valence-electron chi connectivity index (χ4n) is 3.79. The van der Waals surface area contributed by atoms with E-state index in [1.165, 1.54) is 49.7 Å². The van der Waals surface area contributed by atoms with E-state index < -0.39 is 0 Å². The predicted octanol–water partition coefficient (Wildman–Crippen LogP) is 5.54. The normalized spacial score (nSPS) is 17.2. The van der Waals surface area contributed by atoms with Crippen LogP contribution >= 0.6 is 0 Å². The van der Waals surface area contributed by atoms with Crippen LogP contribution in [0, 0.1) is 0 Å². The van der Waals surface area contributed by atoms with Crippen molar-refractivity contribution in [2.75, 3.05) is 7.11 Å². The summed E-state index contributed by atoms with van der Waals surface area (Å²) in [7, 11) is 1.69. The quantitative estimate of drug-likeness (QED) is 0.743. The summed E-state index contributed by atoms with van der Waals surface area (Å²) >= 11 is 0. The summed E-state index contributed by atoms with van der Waals surface area (Å²) in [6, 6.07) is 11.5. The molecule has 1 aliphatic carbocycles. The summed E-state index contributed by atoms with van der Waals surface area (Å²) in [5.74, 6) is 0.647. The predicted molar refractivity (Wildman–Crippen MR) is 113 cm³/mol. The number of ether oxygens (including phenoxy) is 1. The molecule has 0 saturated carbocycles. The van der Waals surface area contributed by atoms with E-state index in [0.29, 0.717) is 12.2 Å². The number of nitrogens with zero attached hydrogens (tertiary/aromatic N) is 1. The van der Waals surface area contributed by atoms with Crippen LogP contribution in [0.25, 0.3) is 5.57 Å². The zero-order chi connectivity index (χ0) is 19.6. The first kappa shape index (κ1) is 20.1. The Balaban J connectivity index is 1.83. The average molecular weight is 379 g/mol. The highest BCUT2D eigenvalue weighted by molar-refractivity contribution is 5.92. The monoisotopic (exact) mass is 378 g/mol.